The molecule has 1 aromatic heterocycles. The number of halogens is 3. The van der Waals surface area contributed by atoms with E-state index in [9.17, 15) is 13.9 Å². The van der Waals surface area contributed by atoms with Crippen LogP contribution in [0.4, 0.5) is 8.78 Å². The largest absolute Gasteiger partial charge is 0.506 e. The third-order valence-electron chi connectivity index (χ3n) is 1.71. The first kappa shape index (κ1) is 12.1. The van der Waals surface area contributed by atoms with Crippen LogP contribution >= 0.6 is 12.4 Å². The summed E-state index contributed by atoms with van der Waals surface area (Å²) < 4.78 is 24.4. The summed E-state index contributed by atoms with van der Waals surface area (Å²) in [7, 11) is 0. The molecule has 0 fully saturated rings. The molecule has 13 heavy (non-hydrogen) atoms. The zero-order valence-electron chi connectivity index (χ0n) is 7.05. The zero-order valence-corrected chi connectivity index (χ0v) is 7.87. The molecule has 0 amide bonds. The number of rotatable bonds is 2. The molecule has 1 N–H and O–H groups in total. The van der Waals surface area contributed by atoms with Gasteiger partial charge in [0.15, 0.2) is 0 Å². The topological polar surface area (TPSA) is 33.1 Å². The number of hydrogen-bond acceptors (Lipinski definition) is 2. The van der Waals surface area contributed by atoms with Gasteiger partial charge in [-0.2, -0.15) is 0 Å². The minimum atomic E-state index is -0.867. The van der Waals surface area contributed by atoms with E-state index in [0.29, 0.717) is 5.69 Å². The van der Waals surface area contributed by atoms with Gasteiger partial charge in [-0.1, -0.05) is 0 Å². The van der Waals surface area contributed by atoms with E-state index in [4.69, 9.17) is 0 Å². The van der Waals surface area contributed by atoms with Gasteiger partial charge in [-0.25, -0.2) is 8.78 Å². The van der Waals surface area contributed by atoms with Crippen LogP contribution in [0.5, 0.6) is 5.75 Å². The normalized spacial score (nSPS) is 9.46. The van der Waals surface area contributed by atoms with E-state index in [-0.39, 0.29) is 29.3 Å². The number of alkyl halides is 2. The van der Waals surface area contributed by atoms with Crippen molar-refractivity contribution in [2.75, 3.05) is 0 Å². The van der Waals surface area contributed by atoms with Crippen molar-refractivity contribution in [3.8, 4) is 5.75 Å². The van der Waals surface area contributed by atoms with Gasteiger partial charge >= 0.3 is 0 Å². The molecule has 74 valence electrons. The Labute approximate surface area is 81.0 Å². The summed E-state index contributed by atoms with van der Waals surface area (Å²) in [4.78, 5) is 3.70. The van der Waals surface area contributed by atoms with Crippen LogP contribution in [0.3, 0.4) is 0 Å². The summed E-state index contributed by atoms with van der Waals surface area (Å²) in [5, 5.41) is 9.24. The molecule has 0 unspecified atom stereocenters. The molecule has 2 nitrogen and oxygen atoms in total. The Morgan fingerprint density at radius 2 is 2.00 bits per heavy atom. The first-order valence-corrected chi connectivity index (χ1v) is 3.49. The van der Waals surface area contributed by atoms with Crippen LogP contribution in [0.1, 0.15) is 16.8 Å². The molecule has 0 atom stereocenters. The average Bonchev–Trinajstić information content (AvgIpc) is 2.09. The molecule has 0 aliphatic carbocycles. The second-order valence-corrected chi connectivity index (χ2v) is 2.46. The monoisotopic (exact) mass is 209 g/mol. The first-order chi connectivity index (χ1) is 5.70. The molecule has 1 aromatic rings. The van der Waals surface area contributed by atoms with Crippen molar-refractivity contribution in [3.05, 3.63) is 23.0 Å². The lowest BCUT2D eigenvalue weighted by Gasteiger charge is -2.06. The van der Waals surface area contributed by atoms with Crippen molar-refractivity contribution < 1.29 is 13.9 Å². The van der Waals surface area contributed by atoms with Crippen molar-refractivity contribution in [1.82, 2.24) is 4.98 Å². The summed E-state index contributed by atoms with van der Waals surface area (Å²) in [5.74, 6) is -0.243. The van der Waals surface area contributed by atoms with Crippen molar-refractivity contribution >= 4 is 12.4 Å². The van der Waals surface area contributed by atoms with Gasteiger partial charge < -0.3 is 5.11 Å². The highest BCUT2D eigenvalue weighted by molar-refractivity contribution is 5.85. The summed E-state index contributed by atoms with van der Waals surface area (Å²) in [6.07, 6.45) is 1.24. The summed E-state index contributed by atoms with van der Waals surface area (Å²) in [5.41, 5.74) is 0.436. The highest BCUT2D eigenvalue weighted by atomic mass is 35.5. The molecule has 0 aliphatic heterocycles. The lowest BCUT2D eigenvalue weighted by molar-refractivity contribution is 0.412. The number of aromatic hydroxyl groups is 1. The molecule has 1 rings (SSSR count). The summed E-state index contributed by atoms with van der Waals surface area (Å²) in [6, 6.07) is 0. The van der Waals surface area contributed by atoms with Gasteiger partial charge in [0.25, 0.3) is 0 Å². The molecule has 0 aromatic carbocycles. The van der Waals surface area contributed by atoms with Crippen LogP contribution in [-0.4, -0.2) is 10.1 Å². The summed E-state index contributed by atoms with van der Waals surface area (Å²) >= 11 is 0. The Hall–Kier alpha value is -0.900. The Morgan fingerprint density at radius 1 is 1.38 bits per heavy atom. The average molecular weight is 210 g/mol. The maximum Gasteiger partial charge on any atom is 0.142 e. The van der Waals surface area contributed by atoms with E-state index in [2.05, 4.69) is 4.98 Å². The van der Waals surface area contributed by atoms with Gasteiger partial charge in [-0.05, 0) is 6.92 Å². The lowest BCUT2D eigenvalue weighted by atomic mass is 10.1. The van der Waals surface area contributed by atoms with E-state index in [1.54, 1.807) is 0 Å². The number of hydrogen-bond donors (Lipinski definition) is 1. The maximum absolute atomic E-state index is 12.3. The summed E-state index contributed by atoms with van der Waals surface area (Å²) in [6.45, 7) is -0.134. The standard InChI is InChI=1S/C8H9F2NO.ClH/c1-5-8(12)7(3-10)6(2-9)4-11-5;/h4,12H,2-3H2,1H3;1H. The molecule has 0 radical (unpaired) electrons. The second kappa shape index (κ2) is 4.97. The van der Waals surface area contributed by atoms with Gasteiger partial charge in [0.05, 0.1) is 5.69 Å². The molecule has 0 saturated heterocycles. The van der Waals surface area contributed by atoms with Crippen LogP contribution in [-0.2, 0) is 13.3 Å². The van der Waals surface area contributed by atoms with Crippen LogP contribution in [0.25, 0.3) is 0 Å². The smallest absolute Gasteiger partial charge is 0.142 e. The predicted molar refractivity (Wildman–Crippen MR) is 47.5 cm³/mol. The van der Waals surface area contributed by atoms with Gasteiger partial charge in [0, 0.05) is 17.3 Å². The highest BCUT2D eigenvalue weighted by Gasteiger charge is 2.10. The molecule has 0 spiro atoms. The van der Waals surface area contributed by atoms with Gasteiger partial charge in [0.2, 0.25) is 0 Å². The molecule has 0 saturated carbocycles. The first-order valence-electron chi connectivity index (χ1n) is 3.49. The lowest BCUT2D eigenvalue weighted by Crippen LogP contribution is -1.94. The van der Waals surface area contributed by atoms with E-state index < -0.39 is 13.3 Å². The van der Waals surface area contributed by atoms with Crippen molar-refractivity contribution in [3.63, 3.8) is 0 Å². The third kappa shape index (κ3) is 2.28. The van der Waals surface area contributed by atoms with E-state index in [0.717, 1.165) is 0 Å². The molecule has 5 heteroatoms. The Morgan fingerprint density at radius 3 is 2.46 bits per heavy atom. The minimum Gasteiger partial charge on any atom is -0.506 e. The second-order valence-electron chi connectivity index (χ2n) is 2.46. The molecule has 1 heterocycles. The SMILES string of the molecule is Cc1ncc(CF)c(CF)c1O.Cl. The number of aromatic nitrogens is 1. The van der Waals surface area contributed by atoms with E-state index in [1.165, 1.54) is 13.1 Å². The van der Waals surface area contributed by atoms with Crippen molar-refractivity contribution in [1.29, 1.82) is 0 Å². The van der Waals surface area contributed by atoms with Crippen LogP contribution in [0.2, 0.25) is 0 Å². The Kier molecular flexibility index (Phi) is 4.62. The van der Waals surface area contributed by atoms with E-state index in [1.807, 2.05) is 0 Å². The van der Waals surface area contributed by atoms with Crippen molar-refractivity contribution in [2.45, 2.75) is 20.3 Å². The number of pyridine rings is 1. The number of aryl methyl sites for hydroxylation is 1. The van der Waals surface area contributed by atoms with Crippen molar-refractivity contribution in [2.24, 2.45) is 0 Å². The predicted octanol–water partition coefficient (Wildman–Crippen LogP) is 2.46. The minimum absolute atomic E-state index is 0. The van der Waals surface area contributed by atoms with Gasteiger partial charge in [0.1, 0.15) is 19.1 Å². The fraction of sp³-hybridized carbons (Fsp3) is 0.375. The molecule has 0 bridgehead atoms. The zero-order chi connectivity index (χ0) is 9.14. The molecular formula is C8H10ClF2NO. The van der Waals surface area contributed by atoms with Gasteiger partial charge in [-0.3, -0.25) is 4.98 Å². The number of nitrogens with zero attached hydrogens (tertiary/aromatic N) is 1. The van der Waals surface area contributed by atoms with Crippen LogP contribution in [0.15, 0.2) is 6.20 Å². The van der Waals surface area contributed by atoms with Crippen LogP contribution < -0.4 is 0 Å². The maximum atomic E-state index is 12.3. The molecular weight excluding hydrogens is 200 g/mol. The van der Waals surface area contributed by atoms with Gasteiger partial charge in [-0.15, -0.1) is 12.4 Å². The Bertz CT molecular complexity index is 294. The fourth-order valence-corrected chi connectivity index (χ4v) is 0.949. The van der Waals surface area contributed by atoms with Crippen LogP contribution in [0, 0.1) is 6.92 Å². The highest BCUT2D eigenvalue weighted by Crippen LogP contribution is 2.24. The fourth-order valence-electron chi connectivity index (χ4n) is 0.949. The quantitative estimate of drug-likeness (QED) is 0.812. The Balaban J connectivity index is 0.00000144. The van der Waals surface area contributed by atoms with E-state index >= 15 is 0 Å². The third-order valence-corrected chi connectivity index (χ3v) is 1.71. The molecule has 0 aliphatic rings.